The van der Waals surface area contributed by atoms with Crippen molar-refractivity contribution in [2.24, 2.45) is 5.73 Å². The number of amides is 1. The number of benzene rings is 1. The molecule has 9 heteroatoms. The molecule has 1 saturated heterocycles. The largest absolute Gasteiger partial charge is 0.451 e. The Kier molecular flexibility index (Phi) is 7.07. The van der Waals surface area contributed by atoms with Crippen LogP contribution in [0.5, 0.6) is 11.5 Å². The summed E-state index contributed by atoms with van der Waals surface area (Å²) in [5.41, 5.74) is 4.95. The van der Waals surface area contributed by atoms with E-state index in [0.29, 0.717) is 44.0 Å². The van der Waals surface area contributed by atoms with Gasteiger partial charge < -0.3 is 25.4 Å². The van der Waals surface area contributed by atoms with E-state index in [-0.39, 0.29) is 29.8 Å². The van der Waals surface area contributed by atoms with Gasteiger partial charge in [-0.2, -0.15) is 0 Å². The predicted octanol–water partition coefficient (Wildman–Crippen LogP) is 2.57. The number of rotatable bonds is 7. The molecule has 2 heterocycles. The van der Waals surface area contributed by atoms with Crippen molar-refractivity contribution in [3.63, 3.8) is 0 Å². The highest BCUT2D eigenvalue weighted by atomic mass is 19.1. The summed E-state index contributed by atoms with van der Waals surface area (Å²) in [5, 5.41) is 10.4. The molecule has 1 aliphatic rings. The molecule has 1 amide bonds. The minimum absolute atomic E-state index is 0.0427. The zero-order valence-electron chi connectivity index (χ0n) is 18.2. The van der Waals surface area contributed by atoms with Crippen molar-refractivity contribution < 1.29 is 19.0 Å². The zero-order valence-corrected chi connectivity index (χ0v) is 18.2. The molecule has 1 aliphatic heterocycles. The van der Waals surface area contributed by atoms with E-state index in [2.05, 4.69) is 9.97 Å². The van der Waals surface area contributed by atoms with Crippen LogP contribution >= 0.6 is 0 Å². The van der Waals surface area contributed by atoms with Crippen LogP contribution in [-0.2, 0) is 0 Å². The van der Waals surface area contributed by atoms with E-state index in [9.17, 15) is 14.3 Å². The fraction of sp³-hybridized carbons (Fsp3) is 0.500. The topological polar surface area (TPSA) is 105 Å². The first kappa shape index (κ1) is 22.9. The lowest BCUT2D eigenvalue weighted by Gasteiger charge is -2.38. The maximum Gasteiger partial charge on any atom is 0.257 e. The number of carbonyl (C=O) groups is 1. The SMILES string of the molecule is CCN(C(=O)c1cc(F)ccc1Oc1cncnc1N1CCC(O)(CN)CC1)C(C)C. The number of hydrogen-bond donors (Lipinski definition) is 2. The number of hydrogen-bond acceptors (Lipinski definition) is 7. The molecule has 0 atom stereocenters. The lowest BCUT2D eigenvalue weighted by atomic mass is 9.92. The first-order valence-electron chi connectivity index (χ1n) is 10.5. The van der Waals surface area contributed by atoms with Gasteiger partial charge in [0, 0.05) is 32.2 Å². The molecule has 3 N–H and O–H groups in total. The Morgan fingerprint density at radius 1 is 1.35 bits per heavy atom. The molecule has 2 aromatic rings. The Balaban J connectivity index is 1.90. The fourth-order valence-corrected chi connectivity index (χ4v) is 3.73. The highest BCUT2D eigenvalue weighted by Gasteiger charge is 2.32. The van der Waals surface area contributed by atoms with Gasteiger partial charge in [-0.15, -0.1) is 0 Å². The molecule has 1 aromatic carbocycles. The molecular formula is C22H30FN5O3. The molecule has 1 aromatic heterocycles. The molecule has 0 aliphatic carbocycles. The van der Waals surface area contributed by atoms with Crippen LogP contribution in [0, 0.1) is 5.82 Å². The number of carbonyl (C=O) groups excluding carboxylic acids is 1. The van der Waals surface area contributed by atoms with Gasteiger partial charge in [-0.25, -0.2) is 14.4 Å². The third kappa shape index (κ3) is 5.11. The number of ether oxygens (including phenoxy) is 1. The second-order valence-corrected chi connectivity index (χ2v) is 8.05. The van der Waals surface area contributed by atoms with Gasteiger partial charge in [0.05, 0.1) is 17.4 Å². The summed E-state index contributed by atoms with van der Waals surface area (Å²) < 4.78 is 20.1. The maximum absolute atomic E-state index is 14.0. The van der Waals surface area contributed by atoms with Gasteiger partial charge in [-0.05, 0) is 51.8 Å². The van der Waals surface area contributed by atoms with Crippen LogP contribution < -0.4 is 15.4 Å². The van der Waals surface area contributed by atoms with Crippen LogP contribution in [0.15, 0.2) is 30.7 Å². The minimum Gasteiger partial charge on any atom is -0.451 e. The van der Waals surface area contributed by atoms with E-state index in [1.165, 1.54) is 30.7 Å². The molecule has 0 spiro atoms. The van der Waals surface area contributed by atoms with Crippen LogP contribution in [0.2, 0.25) is 0 Å². The van der Waals surface area contributed by atoms with E-state index in [0.717, 1.165) is 0 Å². The monoisotopic (exact) mass is 431 g/mol. The average molecular weight is 432 g/mol. The summed E-state index contributed by atoms with van der Waals surface area (Å²) in [4.78, 5) is 25.1. The van der Waals surface area contributed by atoms with Crippen LogP contribution in [0.3, 0.4) is 0 Å². The molecule has 0 bridgehead atoms. The Morgan fingerprint density at radius 2 is 2.06 bits per heavy atom. The molecule has 0 saturated carbocycles. The summed E-state index contributed by atoms with van der Waals surface area (Å²) in [7, 11) is 0. The number of halogens is 1. The maximum atomic E-state index is 14.0. The van der Waals surface area contributed by atoms with Crippen LogP contribution in [-0.4, -0.2) is 63.7 Å². The molecule has 8 nitrogen and oxygen atoms in total. The van der Waals surface area contributed by atoms with Crippen molar-refractivity contribution in [2.75, 3.05) is 31.1 Å². The molecule has 0 radical (unpaired) electrons. The van der Waals surface area contributed by atoms with Gasteiger partial charge in [0.15, 0.2) is 11.6 Å². The van der Waals surface area contributed by atoms with Gasteiger partial charge in [0.2, 0.25) is 0 Å². The number of nitrogens with zero attached hydrogens (tertiary/aromatic N) is 4. The van der Waals surface area contributed by atoms with Crippen molar-refractivity contribution in [2.45, 2.75) is 45.3 Å². The van der Waals surface area contributed by atoms with Gasteiger partial charge in [-0.1, -0.05) is 0 Å². The number of nitrogens with two attached hydrogens (primary N) is 1. The predicted molar refractivity (Wildman–Crippen MR) is 116 cm³/mol. The third-order valence-corrected chi connectivity index (χ3v) is 5.65. The van der Waals surface area contributed by atoms with E-state index >= 15 is 0 Å². The van der Waals surface area contributed by atoms with Crippen molar-refractivity contribution in [1.82, 2.24) is 14.9 Å². The van der Waals surface area contributed by atoms with Crippen molar-refractivity contribution >= 4 is 11.7 Å². The lowest BCUT2D eigenvalue weighted by molar-refractivity contribution is 0.0248. The standard InChI is InChI=1S/C22H30FN5O3/c1-4-28(15(2)3)21(29)17-11-16(23)5-6-18(17)31-19-12-25-14-26-20(19)27-9-7-22(30,13-24)8-10-27/h5-6,11-12,14-15,30H,4,7-10,13,24H2,1-3H3. The summed E-state index contributed by atoms with van der Waals surface area (Å²) >= 11 is 0. The summed E-state index contributed by atoms with van der Waals surface area (Å²) in [5.74, 6) is 0.312. The van der Waals surface area contributed by atoms with E-state index < -0.39 is 11.4 Å². The van der Waals surface area contributed by atoms with Gasteiger partial charge >= 0.3 is 0 Å². The number of aliphatic hydroxyl groups is 1. The first-order valence-corrected chi connectivity index (χ1v) is 10.5. The fourth-order valence-electron chi connectivity index (χ4n) is 3.73. The second kappa shape index (κ2) is 9.57. The summed E-state index contributed by atoms with van der Waals surface area (Å²) in [6, 6.07) is 3.84. The van der Waals surface area contributed by atoms with E-state index in [4.69, 9.17) is 10.5 Å². The van der Waals surface area contributed by atoms with E-state index in [1.807, 2.05) is 25.7 Å². The Bertz CT molecular complexity index is 916. The van der Waals surface area contributed by atoms with Crippen molar-refractivity contribution in [3.8, 4) is 11.5 Å². The number of anilines is 1. The Labute approximate surface area is 181 Å². The zero-order chi connectivity index (χ0) is 22.6. The van der Waals surface area contributed by atoms with Gasteiger partial charge in [0.1, 0.15) is 17.9 Å². The van der Waals surface area contributed by atoms with Gasteiger partial charge in [-0.3, -0.25) is 4.79 Å². The third-order valence-electron chi connectivity index (χ3n) is 5.65. The first-order chi connectivity index (χ1) is 14.8. The molecule has 31 heavy (non-hydrogen) atoms. The van der Waals surface area contributed by atoms with Crippen LogP contribution in [0.4, 0.5) is 10.2 Å². The summed E-state index contributed by atoms with van der Waals surface area (Å²) in [6.07, 6.45) is 3.95. The molecule has 0 unspecified atom stereocenters. The van der Waals surface area contributed by atoms with Crippen LogP contribution in [0.25, 0.3) is 0 Å². The normalized spacial score (nSPS) is 15.8. The average Bonchev–Trinajstić information content (AvgIpc) is 2.76. The molecule has 1 fully saturated rings. The molecule has 168 valence electrons. The van der Waals surface area contributed by atoms with Gasteiger partial charge in [0.25, 0.3) is 5.91 Å². The Morgan fingerprint density at radius 3 is 2.68 bits per heavy atom. The number of piperidine rings is 1. The summed E-state index contributed by atoms with van der Waals surface area (Å²) in [6.45, 7) is 7.48. The highest BCUT2D eigenvalue weighted by Crippen LogP contribution is 2.35. The minimum atomic E-state index is -0.873. The second-order valence-electron chi connectivity index (χ2n) is 8.05. The molecule has 3 rings (SSSR count). The van der Waals surface area contributed by atoms with Crippen molar-refractivity contribution in [3.05, 3.63) is 42.1 Å². The number of aromatic nitrogens is 2. The van der Waals surface area contributed by atoms with Crippen molar-refractivity contribution in [1.29, 1.82) is 0 Å². The van der Waals surface area contributed by atoms with Crippen LogP contribution in [0.1, 0.15) is 44.0 Å². The highest BCUT2D eigenvalue weighted by molar-refractivity contribution is 5.97. The smallest absolute Gasteiger partial charge is 0.257 e. The van der Waals surface area contributed by atoms with E-state index in [1.54, 1.807) is 4.90 Å². The quantitative estimate of drug-likeness (QED) is 0.694. The molecular weight excluding hydrogens is 401 g/mol. The Hall–Kier alpha value is -2.78. The lowest BCUT2D eigenvalue weighted by Crippen LogP contribution is -2.49.